The Kier molecular flexibility index (Phi) is 6.18. The maximum Gasteiger partial charge on any atom is 0.261 e. The Morgan fingerprint density at radius 1 is 1.19 bits per heavy atom. The van der Waals surface area contributed by atoms with E-state index in [9.17, 15) is 17.6 Å². The molecule has 0 saturated heterocycles. The highest BCUT2D eigenvalue weighted by Crippen LogP contribution is 2.35. The molecule has 5 rings (SSSR count). The Balaban J connectivity index is 0.000000681. The van der Waals surface area contributed by atoms with Gasteiger partial charge < -0.3 is 14.7 Å². The molecule has 0 aliphatic carbocycles. The summed E-state index contributed by atoms with van der Waals surface area (Å²) in [5, 5.41) is 0.666. The molecule has 0 atom stereocenters. The summed E-state index contributed by atoms with van der Waals surface area (Å²) in [5.74, 6) is -0.657. The third kappa shape index (κ3) is 5.61. The highest BCUT2D eigenvalue weighted by molar-refractivity contribution is 7.85. The van der Waals surface area contributed by atoms with Gasteiger partial charge in [0, 0.05) is 17.6 Å². The van der Waals surface area contributed by atoms with Crippen LogP contribution in [0.2, 0.25) is 5.15 Å². The molecule has 0 radical (unpaired) electrons. The second-order valence-electron chi connectivity index (χ2n) is 7.81. The molecular weight excluding hydrogens is 525 g/mol. The molecule has 0 fully saturated rings. The van der Waals surface area contributed by atoms with Crippen molar-refractivity contribution in [1.82, 2.24) is 24.9 Å². The van der Waals surface area contributed by atoms with Gasteiger partial charge in [0.25, 0.3) is 15.7 Å². The highest BCUT2D eigenvalue weighted by Gasteiger charge is 2.19. The van der Waals surface area contributed by atoms with Gasteiger partial charge in [0.05, 0.1) is 51.0 Å². The van der Waals surface area contributed by atoms with Gasteiger partial charge in [-0.1, -0.05) is 24.6 Å². The van der Waals surface area contributed by atoms with Gasteiger partial charge in [0.15, 0.2) is 0 Å². The van der Waals surface area contributed by atoms with Crippen LogP contribution in [0.15, 0.2) is 47.4 Å². The molecule has 4 heterocycles. The fourth-order valence-corrected chi connectivity index (χ4v) is 3.95. The van der Waals surface area contributed by atoms with Crippen LogP contribution < -0.4 is 10.3 Å². The maximum absolute atomic E-state index is 15.0. The fourth-order valence-electron chi connectivity index (χ4n) is 3.74. The van der Waals surface area contributed by atoms with Crippen molar-refractivity contribution in [2.75, 3.05) is 13.3 Å². The second-order valence-corrected chi connectivity index (χ2v) is 9.66. The van der Waals surface area contributed by atoms with Crippen LogP contribution in [0.25, 0.3) is 44.6 Å². The van der Waals surface area contributed by atoms with Crippen molar-refractivity contribution in [3.05, 3.63) is 69.6 Å². The Morgan fingerprint density at radius 3 is 2.65 bits per heavy atom. The fraction of sp³-hybridized carbons (Fsp3) is 0.167. The summed E-state index contributed by atoms with van der Waals surface area (Å²) in [4.78, 5) is 32.0. The van der Waals surface area contributed by atoms with E-state index < -0.39 is 28.5 Å². The molecule has 0 unspecified atom stereocenters. The largest absolute Gasteiger partial charge is 0.496 e. The quantitative estimate of drug-likeness (QED) is 0.221. The number of halogens is 2. The predicted octanol–water partition coefficient (Wildman–Crippen LogP) is 4.40. The van der Waals surface area contributed by atoms with Crippen LogP contribution in [0.4, 0.5) is 4.39 Å². The topological polar surface area (TPSA) is 151 Å². The molecular formula is C24H21ClFN5O5S. The molecule has 4 aromatic heterocycles. The van der Waals surface area contributed by atoms with Crippen LogP contribution in [-0.4, -0.2) is 51.2 Å². The van der Waals surface area contributed by atoms with E-state index in [4.69, 9.17) is 25.0 Å². The summed E-state index contributed by atoms with van der Waals surface area (Å²) < 4.78 is 68.2. The van der Waals surface area contributed by atoms with Crippen molar-refractivity contribution in [1.29, 1.82) is 0 Å². The zero-order valence-corrected chi connectivity index (χ0v) is 20.9. The number of fused-ring (bicyclic) bond motifs is 2. The number of nitrogens with zero attached hydrogens (tertiary/aromatic N) is 3. The number of aromatic amines is 2. The Morgan fingerprint density at radius 2 is 1.95 bits per heavy atom. The van der Waals surface area contributed by atoms with E-state index in [0.29, 0.717) is 45.5 Å². The minimum absolute atomic E-state index is 0.104. The molecule has 13 heteroatoms. The van der Waals surface area contributed by atoms with E-state index in [1.165, 1.54) is 30.5 Å². The molecule has 0 bridgehead atoms. The lowest BCUT2D eigenvalue weighted by atomic mass is 10.0. The number of methoxy groups -OCH3 is 1. The average molecular weight is 549 g/mol. The molecule has 37 heavy (non-hydrogen) atoms. The van der Waals surface area contributed by atoms with Crippen molar-refractivity contribution in [3.63, 3.8) is 0 Å². The van der Waals surface area contributed by atoms with Crippen molar-refractivity contribution in [3.8, 4) is 28.4 Å². The van der Waals surface area contributed by atoms with Gasteiger partial charge in [-0.2, -0.15) is 8.42 Å². The van der Waals surface area contributed by atoms with Crippen molar-refractivity contribution >= 4 is 43.7 Å². The summed E-state index contributed by atoms with van der Waals surface area (Å²) in [6.07, 6.45) is 2.69. The first kappa shape index (κ1) is 22.3. The lowest BCUT2D eigenvalue weighted by molar-refractivity contribution is 0.413. The summed E-state index contributed by atoms with van der Waals surface area (Å²) in [6, 6.07) is 8.58. The summed E-state index contributed by atoms with van der Waals surface area (Å²) in [6.45, 7) is 1.92. The Labute approximate surface area is 219 Å². The zero-order chi connectivity index (χ0) is 29.4. The van der Waals surface area contributed by atoms with Gasteiger partial charge in [-0.15, -0.1) is 0 Å². The predicted molar refractivity (Wildman–Crippen MR) is 139 cm³/mol. The van der Waals surface area contributed by atoms with E-state index in [1.54, 1.807) is 12.1 Å². The van der Waals surface area contributed by atoms with Crippen molar-refractivity contribution in [2.45, 2.75) is 13.3 Å². The van der Waals surface area contributed by atoms with Gasteiger partial charge >= 0.3 is 0 Å². The smallest absolute Gasteiger partial charge is 0.261 e. The number of H-pyrrole nitrogens is 2. The molecule has 3 N–H and O–H groups in total. The lowest BCUT2D eigenvalue weighted by Crippen LogP contribution is -2.10. The first-order chi connectivity index (χ1) is 18.6. The third-order valence-electron chi connectivity index (χ3n) is 5.19. The number of benzene rings is 1. The number of nitrogens with one attached hydrogen (secondary N) is 2. The number of aryl methyl sites for hydroxylation is 1. The van der Waals surface area contributed by atoms with Gasteiger partial charge in [0.2, 0.25) is 0 Å². The Hall–Kier alpha value is -3.87. The zero-order valence-electron chi connectivity index (χ0n) is 22.3. The normalized spacial score (nSPS) is 12.9. The van der Waals surface area contributed by atoms with E-state index in [1.807, 2.05) is 6.92 Å². The third-order valence-corrected chi connectivity index (χ3v) is 5.39. The van der Waals surface area contributed by atoms with Gasteiger partial charge in [0.1, 0.15) is 28.1 Å². The number of ether oxygens (including phenoxy) is 1. The molecule has 0 spiro atoms. The van der Waals surface area contributed by atoms with E-state index in [0.717, 1.165) is 0 Å². The van der Waals surface area contributed by atoms with Gasteiger partial charge in [-0.3, -0.25) is 14.3 Å². The Bertz CT molecular complexity index is 1900. The van der Waals surface area contributed by atoms with Crippen LogP contribution in [0, 0.1) is 5.82 Å². The van der Waals surface area contributed by atoms with Crippen LogP contribution >= 0.6 is 11.6 Å². The van der Waals surface area contributed by atoms with Crippen LogP contribution in [0.3, 0.4) is 0 Å². The van der Waals surface area contributed by atoms with Gasteiger partial charge in [-0.25, -0.2) is 14.4 Å². The maximum atomic E-state index is 15.0. The average Bonchev–Trinajstić information content (AvgIpc) is 3.24. The van der Waals surface area contributed by atoms with E-state index in [2.05, 4.69) is 24.9 Å². The van der Waals surface area contributed by atoms with Crippen molar-refractivity contribution in [2.24, 2.45) is 0 Å². The molecule has 0 saturated carbocycles. The minimum atomic E-state index is -3.67. The first-order valence-corrected chi connectivity index (χ1v) is 12.8. The van der Waals surface area contributed by atoms with Crippen molar-refractivity contribution < 1.29 is 26.2 Å². The monoisotopic (exact) mass is 548 g/mol. The summed E-state index contributed by atoms with van der Waals surface area (Å²) >= 11 is 6.11. The number of pyridine rings is 3. The standard InChI is InChI=1S/C23H17ClFN5O2.CH4O3S/c1-3-14-21-16(10-18(24)27-14)28-22(30-21)12-9-11-15(29-23(12)31)7-8-26-20(11)19-13(25)5-4-6-17(19)32-2;1-5(2,3)4/h4-10H,3H2,1-2H3,(H,28,30)(H,29,31);1H3,(H,2,3,4)/i2D3;. The first-order valence-electron chi connectivity index (χ1n) is 12.1. The van der Waals surface area contributed by atoms with Crippen LogP contribution in [-0.2, 0) is 16.5 Å². The van der Waals surface area contributed by atoms with E-state index >= 15 is 0 Å². The molecule has 0 aliphatic rings. The number of hydrogen-bond donors (Lipinski definition) is 3. The molecule has 192 valence electrons. The lowest BCUT2D eigenvalue weighted by Gasteiger charge is -2.11. The molecule has 5 aromatic rings. The number of rotatable bonds is 4. The number of aromatic nitrogens is 5. The molecule has 10 nitrogen and oxygen atoms in total. The molecule has 1 aromatic carbocycles. The highest BCUT2D eigenvalue weighted by atomic mass is 35.5. The van der Waals surface area contributed by atoms with E-state index in [-0.39, 0.29) is 28.4 Å². The summed E-state index contributed by atoms with van der Waals surface area (Å²) in [5.41, 5.74) is 1.96. The van der Waals surface area contributed by atoms with Crippen LogP contribution in [0.1, 0.15) is 16.7 Å². The molecule has 0 aliphatic heterocycles. The second kappa shape index (κ2) is 10.2. The number of imidazole rings is 1. The minimum Gasteiger partial charge on any atom is -0.496 e. The SMILES string of the molecule is CS(=O)(=O)O.[2H]C([2H])([2H])Oc1cccc(F)c1-c1nccc2[nH]c(=O)c(-c3nc4c(CC)nc(Cl)cc4[nH]3)cc12. The van der Waals surface area contributed by atoms with Gasteiger partial charge in [-0.05, 0) is 30.7 Å². The van der Waals surface area contributed by atoms with Crippen LogP contribution in [0.5, 0.6) is 5.75 Å². The molecule has 0 amide bonds. The summed E-state index contributed by atoms with van der Waals surface area (Å²) in [7, 11) is -6.47. The number of hydrogen-bond acceptors (Lipinski definition) is 7.